The molecule has 0 aliphatic carbocycles. The molecule has 3 rings (SSSR count). The Bertz CT molecular complexity index is 1070. The van der Waals surface area contributed by atoms with Crippen molar-refractivity contribution in [1.29, 1.82) is 0 Å². The van der Waals surface area contributed by atoms with Gasteiger partial charge in [0.1, 0.15) is 11.3 Å². The fourth-order valence-electron chi connectivity index (χ4n) is 2.37. The van der Waals surface area contributed by atoms with Gasteiger partial charge in [0, 0.05) is 18.8 Å². The van der Waals surface area contributed by atoms with E-state index in [1.807, 2.05) is 0 Å². The number of rotatable bonds is 6. The third kappa shape index (κ3) is 5.05. The summed E-state index contributed by atoms with van der Waals surface area (Å²) in [4.78, 5) is 27.4. The molecule has 0 aliphatic heterocycles. The van der Waals surface area contributed by atoms with Gasteiger partial charge in [-0.1, -0.05) is 23.7 Å². The van der Waals surface area contributed by atoms with Crippen molar-refractivity contribution in [3.8, 4) is 11.6 Å². The van der Waals surface area contributed by atoms with Crippen molar-refractivity contribution in [2.45, 2.75) is 6.54 Å². The normalized spacial score (nSPS) is 10.4. The Morgan fingerprint density at radius 3 is 2.45 bits per heavy atom. The number of carboxylic acid groups (broad SMARTS) is 1. The molecule has 2 N–H and O–H groups in total. The summed E-state index contributed by atoms with van der Waals surface area (Å²) in [5.74, 6) is -3.94. The summed E-state index contributed by atoms with van der Waals surface area (Å²) in [5.41, 5.74) is 0.784. The zero-order chi connectivity index (χ0) is 21.0. The lowest BCUT2D eigenvalue weighted by Crippen LogP contribution is -2.23. The largest absolute Gasteiger partial charge is 0.478 e. The van der Waals surface area contributed by atoms with Crippen molar-refractivity contribution in [1.82, 2.24) is 10.3 Å². The van der Waals surface area contributed by atoms with Crippen LogP contribution < -0.4 is 10.1 Å². The molecule has 0 bridgehead atoms. The zero-order valence-electron chi connectivity index (χ0n) is 14.7. The van der Waals surface area contributed by atoms with Gasteiger partial charge >= 0.3 is 5.97 Å². The van der Waals surface area contributed by atoms with Gasteiger partial charge < -0.3 is 15.2 Å². The minimum absolute atomic E-state index is 0.00982. The minimum atomic E-state index is -1.10. The summed E-state index contributed by atoms with van der Waals surface area (Å²) in [6, 6.07) is 10.2. The highest BCUT2D eigenvalue weighted by molar-refractivity contribution is 6.30. The lowest BCUT2D eigenvalue weighted by Gasteiger charge is -2.11. The molecule has 29 heavy (non-hydrogen) atoms. The van der Waals surface area contributed by atoms with E-state index in [0.29, 0.717) is 5.56 Å². The number of ether oxygens (including phenoxy) is 1. The monoisotopic (exact) mass is 418 g/mol. The van der Waals surface area contributed by atoms with Gasteiger partial charge in [-0.05, 0) is 35.9 Å². The van der Waals surface area contributed by atoms with Crippen LogP contribution in [-0.2, 0) is 6.54 Å². The van der Waals surface area contributed by atoms with E-state index in [0.717, 1.165) is 12.1 Å². The Hall–Kier alpha value is -3.52. The lowest BCUT2D eigenvalue weighted by molar-refractivity contribution is 0.0696. The number of hydrogen-bond acceptors (Lipinski definition) is 4. The lowest BCUT2D eigenvalue weighted by atomic mass is 10.1. The zero-order valence-corrected chi connectivity index (χ0v) is 15.4. The number of halogens is 3. The third-order valence-corrected chi connectivity index (χ3v) is 4.03. The molecule has 0 unspecified atom stereocenters. The quantitative estimate of drug-likeness (QED) is 0.618. The van der Waals surface area contributed by atoms with Gasteiger partial charge in [0.05, 0.1) is 10.6 Å². The number of aromatic carboxylic acids is 1. The summed E-state index contributed by atoms with van der Waals surface area (Å²) < 4.78 is 31.9. The molecule has 1 heterocycles. The first-order valence-corrected chi connectivity index (χ1v) is 8.60. The summed E-state index contributed by atoms with van der Waals surface area (Å²) in [5, 5.41) is 11.7. The van der Waals surface area contributed by atoms with Crippen LogP contribution in [0.1, 0.15) is 26.3 Å². The summed E-state index contributed by atoms with van der Waals surface area (Å²) in [6.07, 6.45) is 1.25. The van der Waals surface area contributed by atoms with Gasteiger partial charge in [0.25, 0.3) is 5.91 Å². The van der Waals surface area contributed by atoms with E-state index in [2.05, 4.69) is 10.3 Å². The molecule has 2 aromatic carbocycles. The number of carbonyl (C=O) groups excluding carboxylic acids is 1. The second-order valence-electron chi connectivity index (χ2n) is 5.87. The molecule has 1 amide bonds. The van der Waals surface area contributed by atoms with Crippen LogP contribution in [0.25, 0.3) is 0 Å². The molecule has 0 atom stereocenters. The topological polar surface area (TPSA) is 88.5 Å². The molecule has 0 saturated carbocycles. The summed E-state index contributed by atoms with van der Waals surface area (Å²) in [6.45, 7) is 0.107. The molecule has 148 valence electrons. The van der Waals surface area contributed by atoms with Crippen molar-refractivity contribution >= 4 is 23.5 Å². The maximum atomic E-state index is 13.4. The molecule has 0 fully saturated rings. The van der Waals surface area contributed by atoms with Crippen LogP contribution in [0, 0.1) is 11.6 Å². The van der Waals surface area contributed by atoms with Gasteiger partial charge in [0.2, 0.25) is 5.88 Å². The third-order valence-electron chi connectivity index (χ3n) is 3.82. The van der Waals surface area contributed by atoms with Crippen LogP contribution >= 0.6 is 11.6 Å². The van der Waals surface area contributed by atoms with E-state index in [1.54, 1.807) is 12.1 Å². The molecular weight excluding hydrogens is 406 g/mol. The van der Waals surface area contributed by atoms with Crippen LogP contribution in [-0.4, -0.2) is 22.0 Å². The van der Waals surface area contributed by atoms with Gasteiger partial charge in [0.15, 0.2) is 11.6 Å². The number of hydrogen-bond donors (Lipinski definition) is 2. The Kier molecular flexibility index (Phi) is 6.04. The number of amides is 1. The van der Waals surface area contributed by atoms with E-state index in [4.69, 9.17) is 21.4 Å². The Morgan fingerprint density at radius 1 is 1.07 bits per heavy atom. The number of nitrogens with one attached hydrogen (secondary N) is 1. The SMILES string of the molecule is O=C(O)c1ccc(CNC(=O)c2cc(Cl)cnc2Oc2ccc(F)c(F)c2)cc1. The van der Waals surface area contributed by atoms with E-state index in [1.165, 1.54) is 30.5 Å². The van der Waals surface area contributed by atoms with Gasteiger partial charge in [-0.15, -0.1) is 0 Å². The van der Waals surface area contributed by atoms with E-state index >= 15 is 0 Å². The first kappa shape index (κ1) is 20.2. The molecule has 0 aliphatic rings. The van der Waals surface area contributed by atoms with Crippen LogP contribution in [0.2, 0.25) is 5.02 Å². The molecule has 6 nitrogen and oxygen atoms in total. The number of nitrogens with zero attached hydrogens (tertiary/aromatic N) is 1. The first-order valence-electron chi connectivity index (χ1n) is 8.22. The van der Waals surface area contributed by atoms with Gasteiger partial charge in [-0.3, -0.25) is 4.79 Å². The number of carboxylic acids is 1. The summed E-state index contributed by atoms with van der Waals surface area (Å²) >= 11 is 5.91. The Labute approximate surface area is 168 Å². The molecule has 0 radical (unpaired) electrons. The predicted molar refractivity (Wildman–Crippen MR) is 100 cm³/mol. The van der Waals surface area contributed by atoms with Crippen LogP contribution in [0.15, 0.2) is 54.7 Å². The van der Waals surface area contributed by atoms with Crippen LogP contribution in [0.5, 0.6) is 11.6 Å². The smallest absolute Gasteiger partial charge is 0.335 e. The standard InChI is InChI=1S/C20H13ClF2N2O4/c21-13-7-15(18(26)24-9-11-1-3-12(4-2-11)20(27)28)19(25-10-13)29-14-5-6-16(22)17(23)8-14/h1-8,10H,9H2,(H,24,26)(H,27,28). The highest BCUT2D eigenvalue weighted by Gasteiger charge is 2.16. The highest BCUT2D eigenvalue weighted by atomic mass is 35.5. The number of aromatic nitrogens is 1. The minimum Gasteiger partial charge on any atom is -0.478 e. The van der Waals surface area contributed by atoms with Crippen molar-refractivity contribution in [2.75, 3.05) is 0 Å². The molecule has 0 spiro atoms. The van der Waals surface area contributed by atoms with Crippen LogP contribution in [0.4, 0.5) is 8.78 Å². The number of carbonyl (C=O) groups is 2. The average molecular weight is 419 g/mol. The molecule has 0 saturated heterocycles. The van der Waals surface area contributed by atoms with E-state index in [9.17, 15) is 18.4 Å². The summed E-state index contributed by atoms with van der Waals surface area (Å²) in [7, 11) is 0. The predicted octanol–water partition coefficient (Wildman–Crippen LogP) is 4.43. The van der Waals surface area contributed by atoms with Crippen LogP contribution in [0.3, 0.4) is 0 Å². The molecule has 9 heteroatoms. The maximum Gasteiger partial charge on any atom is 0.335 e. The number of pyridine rings is 1. The Morgan fingerprint density at radius 2 is 1.79 bits per heavy atom. The highest BCUT2D eigenvalue weighted by Crippen LogP contribution is 2.26. The Balaban J connectivity index is 1.76. The van der Waals surface area contributed by atoms with Gasteiger partial charge in [-0.2, -0.15) is 0 Å². The fraction of sp³-hybridized carbons (Fsp3) is 0.0500. The average Bonchev–Trinajstić information content (AvgIpc) is 2.70. The van der Waals surface area contributed by atoms with Crippen molar-refractivity contribution < 1.29 is 28.2 Å². The fourth-order valence-corrected chi connectivity index (χ4v) is 2.52. The second kappa shape index (κ2) is 8.66. The molecule has 3 aromatic rings. The maximum absolute atomic E-state index is 13.4. The van der Waals surface area contributed by atoms with E-state index in [-0.39, 0.29) is 34.3 Å². The number of benzene rings is 2. The molecular formula is C20H13ClF2N2O4. The van der Waals surface area contributed by atoms with E-state index < -0.39 is 23.5 Å². The van der Waals surface area contributed by atoms with Gasteiger partial charge in [-0.25, -0.2) is 18.6 Å². The van der Waals surface area contributed by atoms with Crippen molar-refractivity contribution in [2.24, 2.45) is 0 Å². The van der Waals surface area contributed by atoms with Crippen molar-refractivity contribution in [3.05, 3.63) is 88.1 Å². The van der Waals surface area contributed by atoms with Crippen molar-refractivity contribution in [3.63, 3.8) is 0 Å². The molecule has 1 aromatic heterocycles. The first-order chi connectivity index (χ1) is 13.8. The second-order valence-corrected chi connectivity index (χ2v) is 6.31.